The first kappa shape index (κ1) is 37.8. The molecule has 0 aromatic carbocycles. The fraction of sp³-hybridized carbons (Fsp3) is 0. The van der Waals surface area contributed by atoms with Gasteiger partial charge in [0, 0.05) is 36.5 Å². The summed E-state index contributed by atoms with van der Waals surface area (Å²) in [5.74, 6) is 0. The summed E-state index contributed by atoms with van der Waals surface area (Å²) in [6.45, 7) is 0. The molecular formula is H5CaFeMgSeZn. The summed E-state index contributed by atoms with van der Waals surface area (Å²) < 4.78 is 0. The van der Waals surface area contributed by atoms with E-state index in [-0.39, 0.29) is 120 Å². The fourth-order valence-corrected chi connectivity index (χ4v) is 0. The molecule has 5 heavy (non-hydrogen) atoms. The van der Waals surface area contributed by atoms with Gasteiger partial charge in [-0.15, -0.1) is 0 Å². The fourth-order valence-electron chi connectivity index (χ4n) is 0. The molecule has 0 heterocycles. The van der Waals surface area contributed by atoms with Gasteiger partial charge >= 0.3 is 77.9 Å². The Morgan fingerprint density at radius 3 is 1.20 bits per heavy atom. The van der Waals surface area contributed by atoms with Gasteiger partial charge in [-0.05, 0) is 0 Å². The summed E-state index contributed by atoms with van der Waals surface area (Å²) in [7, 11) is 0. The third-order valence-corrected chi connectivity index (χ3v) is 0. The molecule has 0 aliphatic carbocycles. The van der Waals surface area contributed by atoms with Crippen molar-refractivity contribution < 1.29 is 42.3 Å². The Bertz CT molecular complexity index is 20.5. The van der Waals surface area contributed by atoms with E-state index >= 15 is 0 Å². The molecule has 0 amide bonds. The van der Waals surface area contributed by atoms with Crippen LogP contribution < -0.4 is 0 Å². The molecule has 0 aromatic heterocycles. The maximum Gasteiger partial charge on any atom is 0 e. The van der Waals surface area contributed by atoms with Crippen molar-refractivity contribution in [1.82, 2.24) is 0 Å². The topological polar surface area (TPSA) is 0 Å². The minimum atomic E-state index is 0. The first-order chi connectivity index (χ1) is 0. The van der Waals surface area contributed by atoms with Gasteiger partial charge in [0.15, 0.2) is 0 Å². The van der Waals surface area contributed by atoms with Gasteiger partial charge < -0.3 is 5.71 Å². The summed E-state index contributed by atoms with van der Waals surface area (Å²) in [6.07, 6.45) is 0. The van der Waals surface area contributed by atoms with E-state index in [0.29, 0.717) is 0 Å². The second-order valence-electron chi connectivity index (χ2n) is 0. The first-order valence-electron chi connectivity index (χ1n) is 0. The molecule has 0 saturated carbocycles. The maximum atomic E-state index is 0. The van der Waals surface area contributed by atoms with Crippen molar-refractivity contribution >= 4 is 77.9 Å². The van der Waals surface area contributed by atoms with E-state index in [1.165, 1.54) is 0 Å². The van der Waals surface area contributed by atoms with Crippen LogP contribution in [0.2, 0.25) is 0 Å². The Labute approximate surface area is 118 Å². The van der Waals surface area contributed by atoms with Crippen LogP contribution in [0.3, 0.4) is 0 Å². The molecule has 0 spiro atoms. The van der Waals surface area contributed by atoms with Crippen LogP contribution in [0.25, 0.3) is 0 Å². The Morgan fingerprint density at radius 1 is 1.20 bits per heavy atom. The van der Waals surface area contributed by atoms with Crippen molar-refractivity contribution in [2.45, 2.75) is 0 Å². The summed E-state index contributed by atoms with van der Waals surface area (Å²) in [4.78, 5) is 0. The van der Waals surface area contributed by atoms with E-state index in [1.807, 2.05) is 0 Å². The number of hydrogen-bond acceptors (Lipinski definition) is 0. The molecular weight excluding hydrogens is 265 g/mol. The number of rotatable bonds is 0. The van der Waals surface area contributed by atoms with Crippen LogP contribution in [0.15, 0.2) is 0 Å². The predicted octanol–water partition coefficient (Wildman–Crippen LogP) is -0.965. The largest absolute Gasteiger partial charge is 0 e. The summed E-state index contributed by atoms with van der Waals surface area (Å²) >= 11 is 0. The predicted molar refractivity (Wildman–Crippen MR) is 23.1 cm³/mol. The van der Waals surface area contributed by atoms with Crippen LogP contribution in [-0.2, 0) is 36.5 Å². The molecule has 0 aromatic rings. The molecule has 0 unspecified atom stereocenters. The smallest absolute Gasteiger partial charge is 0 e. The molecule has 0 aliphatic rings. The monoisotopic (exact) mass is 269 g/mol. The Balaban J connectivity index is 0. The minimum Gasteiger partial charge on any atom is 0 e. The van der Waals surface area contributed by atoms with Gasteiger partial charge in [-0.2, -0.15) is 0 Å². The molecule has 25 valence electrons. The minimum absolute atomic E-state index is 0. The van der Waals surface area contributed by atoms with Crippen LogP contribution in [0.4, 0.5) is 0 Å². The van der Waals surface area contributed by atoms with Crippen LogP contribution in [0.1, 0.15) is 5.71 Å². The summed E-state index contributed by atoms with van der Waals surface area (Å²) in [5.41, 5.74) is 0. The standard InChI is InChI=1S/Ca.Fe.Mg.HSe.Zn.4H/h;;;1H;;;;;/q+2;;+2;;;4*-1. The molecule has 0 N–H and O–H groups in total. The molecule has 0 aliphatic heterocycles. The van der Waals surface area contributed by atoms with Crippen LogP contribution in [0.5, 0.6) is 0 Å². The molecule has 5 heteroatoms. The van der Waals surface area contributed by atoms with Crippen LogP contribution >= 0.6 is 0 Å². The molecule has 0 saturated heterocycles. The van der Waals surface area contributed by atoms with E-state index in [9.17, 15) is 0 Å². The first-order valence-corrected chi connectivity index (χ1v) is 0. The summed E-state index contributed by atoms with van der Waals surface area (Å²) in [6, 6.07) is 0. The zero-order valence-electron chi connectivity index (χ0n) is 6.92. The molecule has 0 atom stereocenters. The molecule has 0 rings (SSSR count). The van der Waals surface area contributed by atoms with Gasteiger partial charge in [0.2, 0.25) is 0 Å². The van der Waals surface area contributed by atoms with Gasteiger partial charge in [-0.25, -0.2) is 0 Å². The third-order valence-electron chi connectivity index (χ3n) is 0. The third kappa shape index (κ3) is 18.3. The molecule has 0 fully saturated rings. The molecule has 0 nitrogen and oxygen atoms in total. The molecule has 1 radical (unpaired) electrons. The van der Waals surface area contributed by atoms with Gasteiger partial charge in [0.1, 0.15) is 0 Å². The van der Waals surface area contributed by atoms with Gasteiger partial charge in [0.05, 0.1) is 0 Å². The normalized spacial score (nSPS) is 0. The summed E-state index contributed by atoms with van der Waals surface area (Å²) in [5, 5.41) is 0. The Morgan fingerprint density at radius 2 is 1.20 bits per heavy atom. The van der Waals surface area contributed by atoms with E-state index in [4.69, 9.17) is 0 Å². The van der Waals surface area contributed by atoms with E-state index in [0.717, 1.165) is 0 Å². The molecule has 0 bridgehead atoms. The van der Waals surface area contributed by atoms with Crippen LogP contribution in [-0.4, -0.2) is 77.9 Å². The number of hydrogen-bond donors (Lipinski definition) is 0. The van der Waals surface area contributed by atoms with Crippen LogP contribution in [0, 0.1) is 0 Å². The van der Waals surface area contributed by atoms with E-state index < -0.39 is 0 Å². The maximum absolute atomic E-state index is 0. The average Bonchev–Trinajstić information content (AvgIpc) is 0. The van der Waals surface area contributed by atoms with Crippen molar-refractivity contribution in [2.24, 2.45) is 0 Å². The zero-order valence-corrected chi connectivity index (χ0v) is 12.5. The SMILES string of the molecule is [Ca+2].[Fe].[H-].[H-].[H-].[H-].[Mg+2].[SeH].[Zn]. The van der Waals surface area contributed by atoms with E-state index in [2.05, 4.69) is 0 Å². The average molecular weight is 270 g/mol. The van der Waals surface area contributed by atoms with Crippen molar-refractivity contribution in [1.29, 1.82) is 0 Å². The van der Waals surface area contributed by atoms with Crippen molar-refractivity contribution in [3.8, 4) is 0 Å². The van der Waals surface area contributed by atoms with Gasteiger partial charge in [-0.3, -0.25) is 0 Å². The zero-order chi connectivity index (χ0) is 0. The quantitative estimate of drug-likeness (QED) is 0.497. The van der Waals surface area contributed by atoms with Crippen molar-refractivity contribution in [2.75, 3.05) is 0 Å². The Hall–Kier alpha value is 3.69. The van der Waals surface area contributed by atoms with Gasteiger partial charge in [0.25, 0.3) is 0 Å². The van der Waals surface area contributed by atoms with Crippen molar-refractivity contribution in [3.63, 3.8) is 0 Å². The Kier molecular flexibility index (Phi) is 191. The van der Waals surface area contributed by atoms with E-state index in [1.54, 1.807) is 0 Å². The van der Waals surface area contributed by atoms with Crippen molar-refractivity contribution in [3.05, 3.63) is 0 Å². The second kappa shape index (κ2) is 25.3. The second-order valence-corrected chi connectivity index (χ2v) is 0. The van der Waals surface area contributed by atoms with Gasteiger partial charge in [-0.1, -0.05) is 0 Å².